The SMILES string of the molecule is O=C(NC(Cc1ccc2ccccc2c1)C(=O)NCCC(c1ccccc1)c1ccccc1)c1cccc(-c2cc(O)c3ncccc3c2)c1. The van der Waals surface area contributed by atoms with Gasteiger partial charge in [-0.3, -0.25) is 14.6 Å². The Hall–Kier alpha value is -6.27. The second-order valence-corrected chi connectivity index (χ2v) is 12.5. The molecule has 0 aliphatic heterocycles. The first-order chi connectivity index (χ1) is 24.5. The molecule has 1 atom stereocenters. The van der Waals surface area contributed by atoms with E-state index in [1.165, 1.54) is 11.1 Å². The number of benzene rings is 6. The molecule has 50 heavy (non-hydrogen) atoms. The molecule has 0 saturated carbocycles. The minimum absolute atomic E-state index is 0.0712. The molecule has 1 heterocycles. The Kier molecular flexibility index (Phi) is 9.60. The van der Waals surface area contributed by atoms with Gasteiger partial charge in [-0.1, -0.05) is 121 Å². The van der Waals surface area contributed by atoms with E-state index in [2.05, 4.69) is 52.0 Å². The molecule has 6 nitrogen and oxygen atoms in total. The fraction of sp³-hybridized carbons (Fsp3) is 0.114. The first-order valence-electron chi connectivity index (χ1n) is 16.9. The molecular weight excluding hydrogens is 619 g/mol. The van der Waals surface area contributed by atoms with Crippen molar-refractivity contribution in [3.63, 3.8) is 0 Å². The molecule has 6 heteroatoms. The van der Waals surface area contributed by atoms with Gasteiger partial charge in [0.15, 0.2) is 0 Å². The van der Waals surface area contributed by atoms with E-state index in [0.29, 0.717) is 30.5 Å². The van der Waals surface area contributed by atoms with Gasteiger partial charge in [0.25, 0.3) is 5.91 Å². The lowest BCUT2D eigenvalue weighted by atomic mass is 9.88. The van der Waals surface area contributed by atoms with Crippen molar-refractivity contribution < 1.29 is 14.7 Å². The van der Waals surface area contributed by atoms with E-state index in [-0.39, 0.29) is 23.5 Å². The third kappa shape index (κ3) is 7.40. The number of aromatic hydroxyl groups is 1. The highest BCUT2D eigenvalue weighted by atomic mass is 16.3. The number of phenols is 1. The second kappa shape index (κ2) is 14.9. The van der Waals surface area contributed by atoms with Gasteiger partial charge in [-0.05, 0) is 75.3 Å². The van der Waals surface area contributed by atoms with Crippen LogP contribution in [0.3, 0.4) is 0 Å². The summed E-state index contributed by atoms with van der Waals surface area (Å²) in [6.45, 7) is 0.438. The number of carbonyl (C=O) groups is 2. The standard InChI is InChI=1S/C44H37N3O3/c48-41-29-38(28-36-19-10-23-45-42(36)41)35-17-9-18-37(27-35)43(49)47-40(26-30-20-21-31-11-7-8-16-34(31)25-30)44(50)46-24-22-39(32-12-3-1-4-13-32)33-14-5-2-6-15-33/h1-21,23,25,27-29,39-40,48H,22,24,26H2,(H,46,50)(H,47,49). The molecular formula is C44H37N3O3. The van der Waals surface area contributed by atoms with Gasteiger partial charge in [0.1, 0.15) is 17.3 Å². The number of rotatable bonds is 11. The number of hydrogen-bond acceptors (Lipinski definition) is 4. The Labute approximate surface area is 291 Å². The van der Waals surface area contributed by atoms with Crippen LogP contribution < -0.4 is 10.6 Å². The fourth-order valence-corrected chi connectivity index (χ4v) is 6.59. The van der Waals surface area contributed by atoms with Crippen molar-refractivity contribution in [3.8, 4) is 16.9 Å². The Balaban J connectivity index is 1.12. The normalized spacial score (nSPS) is 11.8. The number of pyridine rings is 1. The topological polar surface area (TPSA) is 91.3 Å². The van der Waals surface area contributed by atoms with Gasteiger partial charge in [-0.15, -0.1) is 0 Å². The van der Waals surface area contributed by atoms with Crippen LogP contribution in [0.1, 0.15) is 39.4 Å². The van der Waals surface area contributed by atoms with Crippen LogP contribution in [-0.4, -0.2) is 34.5 Å². The van der Waals surface area contributed by atoms with Gasteiger partial charge in [0.05, 0.1) is 0 Å². The average molecular weight is 656 g/mol. The molecule has 3 N–H and O–H groups in total. The van der Waals surface area contributed by atoms with Crippen LogP contribution in [0.15, 0.2) is 158 Å². The first kappa shape index (κ1) is 32.3. The molecule has 0 radical (unpaired) electrons. The maximum Gasteiger partial charge on any atom is 0.251 e. The Morgan fingerprint density at radius 3 is 2.10 bits per heavy atom. The number of nitrogens with zero attached hydrogens (tertiary/aromatic N) is 1. The zero-order valence-corrected chi connectivity index (χ0v) is 27.5. The fourth-order valence-electron chi connectivity index (χ4n) is 6.59. The number of hydrogen-bond donors (Lipinski definition) is 3. The monoisotopic (exact) mass is 655 g/mol. The molecule has 2 amide bonds. The van der Waals surface area contributed by atoms with E-state index in [4.69, 9.17) is 0 Å². The molecule has 0 aliphatic rings. The van der Waals surface area contributed by atoms with E-state index in [0.717, 1.165) is 32.8 Å². The number of nitrogens with one attached hydrogen (secondary N) is 2. The largest absolute Gasteiger partial charge is 0.506 e. The molecule has 1 unspecified atom stereocenters. The number of amides is 2. The minimum Gasteiger partial charge on any atom is -0.506 e. The summed E-state index contributed by atoms with van der Waals surface area (Å²) in [5.74, 6) is -0.415. The molecule has 7 aromatic rings. The maximum absolute atomic E-state index is 13.9. The van der Waals surface area contributed by atoms with Crippen LogP contribution in [0.2, 0.25) is 0 Å². The van der Waals surface area contributed by atoms with Crippen molar-refractivity contribution in [1.82, 2.24) is 15.6 Å². The Bertz CT molecular complexity index is 2230. The lowest BCUT2D eigenvalue weighted by Gasteiger charge is -2.22. The van der Waals surface area contributed by atoms with Crippen molar-refractivity contribution in [3.05, 3.63) is 180 Å². The van der Waals surface area contributed by atoms with Gasteiger partial charge >= 0.3 is 0 Å². The van der Waals surface area contributed by atoms with Crippen molar-refractivity contribution in [2.24, 2.45) is 0 Å². The third-order valence-electron chi connectivity index (χ3n) is 9.15. The number of aromatic nitrogens is 1. The van der Waals surface area contributed by atoms with E-state index in [9.17, 15) is 14.7 Å². The van der Waals surface area contributed by atoms with Gasteiger partial charge in [-0.25, -0.2) is 0 Å². The van der Waals surface area contributed by atoms with Gasteiger partial charge < -0.3 is 15.7 Å². The van der Waals surface area contributed by atoms with Crippen LogP contribution in [0.4, 0.5) is 0 Å². The lowest BCUT2D eigenvalue weighted by Crippen LogP contribution is -2.48. The van der Waals surface area contributed by atoms with Crippen LogP contribution in [0.5, 0.6) is 5.75 Å². The summed E-state index contributed by atoms with van der Waals surface area (Å²) in [4.78, 5) is 32.0. The molecule has 0 saturated heterocycles. The van der Waals surface area contributed by atoms with E-state index in [1.54, 1.807) is 30.5 Å². The predicted molar refractivity (Wildman–Crippen MR) is 200 cm³/mol. The summed E-state index contributed by atoms with van der Waals surface area (Å²) < 4.78 is 0. The van der Waals surface area contributed by atoms with Crippen molar-refractivity contribution in [2.45, 2.75) is 24.8 Å². The second-order valence-electron chi connectivity index (χ2n) is 12.5. The van der Waals surface area contributed by atoms with E-state index >= 15 is 0 Å². The summed E-state index contributed by atoms with van der Waals surface area (Å²) in [5, 5.41) is 19.8. The number of fused-ring (bicyclic) bond motifs is 2. The summed E-state index contributed by atoms with van der Waals surface area (Å²) in [5.41, 5.74) is 5.78. The van der Waals surface area contributed by atoms with Gasteiger partial charge in [0.2, 0.25) is 5.91 Å². The number of carbonyl (C=O) groups excluding carboxylic acids is 2. The van der Waals surface area contributed by atoms with Gasteiger partial charge in [-0.2, -0.15) is 0 Å². The van der Waals surface area contributed by atoms with E-state index < -0.39 is 6.04 Å². The molecule has 0 spiro atoms. The highest BCUT2D eigenvalue weighted by molar-refractivity contribution is 5.99. The molecule has 0 bridgehead atoms. The lowest BCUT2D eigenvalue weighted by molar-refractivity contribution is -0.122. The van der Waals surface area contributed by atoms with Crippen molar-refractivity contribution in [1.29, 1.82) is 0 Å². The first-order valence-corrected chi connectivity index (χ1v) is 16.9. The predicted octanol–water partition coefficient (Wildman–Crippen LogP) is 8.44. The highest BCUT2D eigenvalue weighted by Gasteiger charge is 2.23. The Morgan fingerprint density at radius 2 is 1.34 bits per heavy atom. The zero-order chi connectivity index (χ0) is 34.3. The molecule has 1 aromatic heterocycles. The smallest absolute Gasteiger partial charge is 0.251 e. The van der Waals surface area contributed by atoms with Crippen LogP contribution in [0, 0.1) is 0 Å². The third-order valence-corrected chi connectivity index (χ3v) is 9.15. The summed E-state index contributed by atoms with van der Waals surface area (Å²) in [6.07, 6.45) is 2.67. The Morgan fingerprint density at radius 1 is 0.640 bits per heavy atom. The zero-order valence-electron chi connectivity index (χ0n) is 27.5. The molecule has 0 aliphatic carbocycles. The van der Waals surface area contributed by atoms with Gasteiger partial charge in [0, 0.05) is 36.0 Å². The molecule has 0 fully saturated rings. The van der Waals surface area contributed by atoms with Crippen molar-refractivity contribution in [2.75, 3.05) is 6.54 Å². The van der Waals surface area contributed by atoms with Crippen LogP contribution in [0.25, 0.3) is 32.8 Å². The summed E-state index contributed by atoms with van der Waals surface area (Å²) in [7, 11) is 0. The maximum atomic E-state index is 13.9. The highest BCUT2D eigenvalue weighted by Crippen LogP contribution is 2.31. The van der Waals surface area contributed by atoms with E-state index in [1.807, 2.05) is 91.0 Å². The molecule has 7 rings (SSSR count). The molecule has 6 aromatic carbocycles. The molecule has 246 valence electrons. The number of phenolic OH excluding ortho intramolecular Hbond substituents is 1. The minimum atomic E-state index is -0.810. The quantitative estimate of drug-likeness (QED) is 0.130. The summed E-state index contributed by atoms with van der Waals surface area (Å²) >= 11 is 0. The average Bonchev–Trinajstić information content (AvgIpc) is 3.17. The summed E-state index contributed by atoms with van der Waals surface area (Å²) in [6, 6.07) is 48.6. The van der Waals surface area contributed by atoms with Crippen LogP contribution in [-0.2, 0) is 11.2 Å². The van der Waals surface area contributed by atoms with Crippen molar-refractivity contribution >= 4 is 33.5 Å². The van der Waals surface area contributed by atoms with Crippen LogP contribution >= 0.6 is 0 Å².